The molecule has 0 aliphatic carbocycles. The molecule has 0 radical (unpaired) electrons. The molecule has 5 rings (SSSR count). The molecule has 1 N–H and O–H groups in total. The van der Waals surface area contributed by atoms with E-state index in [2.05, 4.69) is 20.4 Å². The van der Waals surface area contributed by atoms with Gasteiger partial charge < -0.3 is 15.0 Å². The van der Waals surface area contributed by atoms with E-state index in [4.69, 9.17) is 9.72 Å². The Kier molecular flexibility index (Phi) is 7.54. The molecule has 7 nitrogen and oxygen atoms in total. The predicted octanol–water partition coefficient (Wildman–Crippen LogP) is 5.16. The molecule has 1 fully saturated rings. The van der Waals surface area contributed by atoms with Crippen LogP contribution in [0.3, 0.4) is 0 Å². The number of rotatable bonds is 7. The van der Waals surface area contributed by atoms with Gasteiger partial charge in [0.15, 0.2) is 0 Å². The molecular formula is C28H27N5O2S. The highest BCUT2D eigenvalue weighted by atomic mass is 32.2. The Bertz CT molecular complexity index is 1300. The minimum absolute atomic E-state index is 0.115. The van der Waals surface area contributed by atoms with Gasteiger partial charge in [-0.1, -0.05) is 72.4 Å². The molecule has 1 saturated heterocycles. The summed E-state index contributed by atoms with van der Waals surface area (Å²) in [6.45, 7) is 5.08. The summed E-state index contributed by atoms with van der Waals surface area (Å²) in [5, 5.41) is 11.9. The lowest BCUT2D eigenvalue weighted by Gasteiger charge is -2.28. The maximum Gasteiger partial charge on any atom is 0.237 e. The Hall–Kier alpha value is -3.75. The van der Waals surface area contributed by atoms with Crippen molar-refractivity contribution in [2.45, 2.75) is 17.3 Å². The number of amides is 1. The number of nitrogens with one attached hydrogen (secondary N) is 1. The highest BCUT2D eigenvalue weighted by molar-refractivity contribution is 8.00. The first-order chi connectivity index (χ1) is 17.7. The van der Waals surface area contributed by atoms with Gasteiger partial charge in [0.1, 0.15) is 11.4 Å². The number of hydrogen-bond acceptors (Lipinski definition) is 7. The molecule has 1 unspecified atom stereocenters. The number of aromatic nitrogens is 3. The van der Waals surface area contributed by atoms with Crippen molar-refractivity contribution in [2.24, 2.45) is 0 Å². The van der Waals surface area contributed by atoms with Gasteiger partial charge in [0.05, 0.1) is 18.5 Å². The molecule has 1 aromatic heterocycles. The van der Waals surface area contributed by atoms with Gasteiger partial charge in [-0.05, 0) is 31.2 Å². The van der Waals surface area contributed by atoms with Crippen molar-refractivity contribution in [1.29, 1.82) is 0 Å². The van der Waals surface area contributed by atoms with Crippen molar-refractivity contribution >= 4 is 29.0 Å². The average Bonchev–Trinajstić information content (AvgIpc) is 2.95. The molecule has 8 heteroatoms. The first-order valence-corrected chi connectivity index (χ1v) is 12.8. The van der Waals surface area contributed by atoms with Crippen LogP contribution < -0.4 is 10.2 Å². The third kappa shape index (κ3) is 5.72. The summed E-state index contributed by atoms with van der Waals surface area (Å²) in [6.07, 6.45) is 0. The lowest BCUT2D eigenvalue weighted by atomic mass is 10.0. The minimum atomic E-state index is -0.406. The lowest BCUT2D eigenvalue weighted by molar-refractivity contribution is -0.115. The van der Waals surface area contributed by atoms with E-state index in [1.165, 1.54) is 11.8 Å². The van der Waals surface area contributed by atoms with Crippen molar-refractivity contribution < 1.29 is 9.53 Å². The molecule has 1 aliphatic heterocycles. The van der Waals surface area contributed by atoms with Crippen LogP contribution in [0.5, 0.6) is 0 Å². The summed E-state index contributed by atoms with van der Waals surface area (Å²) in [6, 6.07) is 27.7. The standard InChI is InChI=1S/C28H27N5O2S/c1-20(27(34)29-23-12-14-24(15-13-23)33-16-18-35-19-17-33)36-28-30-25(21-8-4-2-5-9-21)26(31-32-28)22-10-6-3-7-11-22/h2-15,20H,16-19H2,1H3,(H,29,34). The van der Waals surface area contributed by atoms with Gasteiger partial charge in [-0.15, -0.1) is 10.2 Å². The fourth-order valence-electron chi connectivity index (χ4n) is 3.98. The average molecular weight is 498 g/mol. The van der Waals surface area contributed by atoms with E-state index in [1.54, 1.807) is 0 Å². The number of nitrogens with zero attached hydrogens (tertiary/aromatic N) is 4. The van der Waals surface area contributed by atoms with Gasteiger partial charge in [-0.25, -0.2) is 4.98 Å². The molecule has 4 aromatic rings. The SMILES string of the molecule is CC(Sc1nnc(-c2ccccc2)c(-c2ccccc2)n1)C(=O)Nc1ccc(N2CCOCC2)cc1. The van der Waals surface area contributed by atoms with Crippen molar-refractivity contribution in [2.75, 3.05) is 36.5 Å². The van der Waals surface area contributed by atoms with Crippen LogP contribution in [0, 0.1) is 0 Å². The summed E-state index contributed by atoms with van der Waals surface area (Å²) < 4.78 is 5.42. The topological polar surface area (TPSA) is 80.2 Å². The second kappa shape index (κ2) is 11.3. The van der Waals surface area contributed by atoms with Gasteiger partial charge in [0.2, 0.25) is 11.1 Å². The quantitative estimate of drug-likeness (QED) is 0.353. The molecule has 1 aliphatic rings. The smallest absolute Gasteiger partial charge is 0.237 e. The number of hydrogen-bond donors (Lipinski definition) is 1. The predicted molar refractivity (Wildman–Crippen MR) is 144 cm³/mol. The van der Waals surface area contributed by atoms with E-state index in [0.717, 1.165) is 54.5 Å². The zero-order valence-electron chi connectivity index (χ0n) is 20.0. The summed E-state index contributed by atoms with van der Waals surface area (Å²) in [7, 11) is 0. The van der Waals surface area contributed by atoms with Crippen LogP contribution in [0.2, 0.25) is 0 Å². The fourth-order valence-corrected chi connectivity index (χ4v) is 4.70. The van der Waals surface area contributed by atoms with Crippen LogP contribution in [0.15, 0.2) is 90.1 Å². The van der Waals surface area contributed by atoms with E-state index < -0.39 is 5.25 Å². The van der Waals surface area contributed by atoms with E-state index in [9.17, 15) is 4.79 Å². The molecular weight excluding hydrogens is 470 g/mol. The number of morpholine rings is 1. The summed E-state index contributed by atoms with van der Waals surface area (Å²) in [4.78, 5) is 20.0. The Labute approximate surface area is 214 Å². The maximum atomic E-state index is 12.9. The van der Waals surface area contributed by atoms with Crippen molar-refractivity contribution in [3.05, 3.63) is 84.9 Å². The van der Waals surface area contributed by atoms with Gasteiger partial charge in [0, 0.05) is 35.6 Å². The molecule has 36 heavy (non-hydrogen) atoms. The zero-order valence-corrected chi connectivity index (χ0v) is 20.8. The molecule has 1 amide bonds. The molecule has 1 atom stereocenters. The van der Waals surface area contributed by atoms with Crippen LogP contribution in [-0.2, 0) is 9.53 Å². The molecule has 0 saturated carbocycles. The second-order valence-corrected chi connectivity index (χ2v) is 9.73. The highest BCUT2D eigenvalue weighted by Crippen LogP contribution is 2.31. The van der Waals surface area contributed by atoms with Crippen LogP contribution >= 0.6 is 11.8 Å². The van der Waals surface area contributed by atoms with Gasteiger partial charge in [-0.3, -0.25) is 4.79 Å². The van der Waals surface area contributed by atoms with Crippen molar-refractivity contribution in [3.8, 4) is 22.5 Å². The Morgan fingerprint density at radius 1 is 0.861 bits per heavy atom. The van der Waals surface area contributed by atoms with Crippen LogP contribution in [-0.4, -0.2) is 52.6 Å². The first-order valence-electron chi connectivity index (χ1n) is 11.9. The molecule has 3 aromatic carbocycles. The monoisotopic (exact) mass is 497 g/mol. The minimum Gasteiger partial charge on any atom is -0.378 e. The van der Waals surface area contributed by atoms with Gasteiger partial charge >= 0.3 is 0 Å². The van der Waals surface area contributed by atoms with E-state index >= 15 is 0 Å². The van der Waals surface area contributed by atoms with Crippen molar-refractivity contribution in [1.82, 2.24) is 15.2 Å². The number of benzene rings is 3. The summed E-state index contributed by atoms with van der Waals surface area (Å²) in [5.41, 5.74) is 5.23. The lowest BCUT2D eigenvalue weighted by Crippen LogP contribution is -2.36. The van der Waals surface area contributed by atoms with E-state index in [0.29, 0.717) is 10.9 Å². The molecule has 0 bridgehead atoms. The third-order valence-corrected chi connectivity index (χ3v) is 6.88. The Morgan fingerprint density at radius 2 is 1.47 bits per heavy atom. The van der Waals surface area contributed by atoms with Crippen molar-refractivity contribution in [3.63, 3.8) is 0 Å². The van der Waals surface area contributed by atoms with Gasteiger partial charge in [0.25, 0.3) is 0 Å². The third-order valence-electron chi connectivity index (χ3n) is 5.92. The van der Waals surface area contributed by atoms with E-state index in [-0.39, 0.29) is 5.91 Å². The number of carbonyl (C=O) groups is 1. The normalized spacial score (nSPS) is 14.3. The molecule has 2 heterocycles. The number of anilines is 2. The summed E-state index contributed by atoms with van der Waals surface area (Å²) in [5.74, 6) is -0.115. The van der Waals surface area contributed by atoms with Crippen LogP contribution in [0.1, 0.15) is 6.92 Å². The van der Waals surface area contributed by atoms with Crippen LogP contribution in [0.25, 0.3) is 22.5 Å². The first kappa shape index (κ1) is 24.0. The Balaban J connectivity index is 1.30. The molecule has 0 spiro atoms. The maximum absolute atomic E-state index is 12.9. The molecule has 182 valence electrons. The number of ether oxygens (including phenoxy) is 1. The fraction of sp³-hybridized carbons (Fsp3) is 0.214. The Morgan fingerprint density at radius 3 is 2.11 bits per heavy atom. The zero-order chi connectivity index (χ0) is 24.7. The summed E-state index contributed by atoms with van der Waals surface area (Å²) >= 11 is 1.29. The number of thioether (sulfide) groups is 1. The highest BCUT2D eigenvalue weighted by Gasteiger charge is 2.20. The van der Waals surface area contributed by atoms with Crippen LogP contribution in [0.4, 0.5) is 11.4 Å². The second-order valence-electron chi connectivity index (χ2n) is 8.42. The van der Waals surface area contributed by atoms with Gasteiger partial charge in [-0.2, -0.15) is 0 Å². The number of carbonyl (C=O) groups excluding carboxylic acids is 1. The largest absolute Gasteiger partial charge is 0.378 e. The van der Waals surface area contributed by atoms with E-state index in [1.807, 2.05) is 91.9 Å².